The molecule has 0 aliphatic rings. The first-order valence-electron chi connectivity index (χ1n) is 6.80. The number of carbonyl (C=O) groups is 1. The molecule has 0 radical (unpaired) electrons. The summed E-state index contributed by atoms with van der Waals surface area (Å²) in [6, 6.07) is 12.8. The number of hydrogen-bond donors (Lipinski definition) is 2. The van der Waals surface area contributed by atoms with Crippen molar-refractivity contribution in [1.82, 2.24) is 0 Å². The number of hydrogen-bond acceptors (Lipinski definition) is 5. The van der Waals surface area contributed by atoms with Crippen LogP contribution in [-0.4, -0.2) is 18.1 Å². The second kappa shape index (κ2) is 5.84. The molecule has 2 N–H and O–H groups in total. The first-order valence-corrected chi connectivity index (χ1v) is 6.80. The molecule has 0 aliphatic heterocycles. The highest BCUT2D eigenvalue weighted by atomic mass is 16.5. The summed E-state index contributed by atoms with van der Waals surface area (Å²) < 4.78 is 10.1. The van der Waals surface area contributed by atoms with Crippen LogP contribution in [0.5, 0.6) is 11.5 Å². The molecule has 0 spiro atoms. The van der Waals surface area contributed by atoms with E-state index < -0.39 is 11.5 Å². The summed E-state index contributed by atoms with van der Waals surface area (Å²) in [6.07, 6.45) is 0. The average Bonchev–Trinajstić information content (AvgIpc) is 2.55. The van der Waals surface area contributed by atoms with Gasteiger partial charge in [0.05, 0.1) is 7.11 Å². The van der Waals surface area contributed by atoms with Crippen LogP contribution in [0.4, 0.5) is 5.69 Å². The molecule has 2 aromatic carbocycles. The number of phenols is 1. The number of para-hydroxylation sites is 1. The Kier molecular flexibility index (Phi) is 3.72. The van der Waals surface area contributed by atoms with Crippen molar-refractivity contribution in [3.05, 3.63) is 64.5 Å². The number of phenolic OH excluding ortho intramolecular Hbond substituents is 1. The van der Waals surface area contributed by atoms with Crippen LogP contribution in [0, 0.1) is 0 Å². The molecule has 3 aromatic rings. The maximum Gasteiger partial charge on any atom is 0.349 e. The van der Waals surface area contributed by atoms with E-state index in [1.54, 1.807) is 24.3 Å². The van der Waals surface area contributed by atoms with Gasteiger partial charge in [-0.15, -0.1) is 0 Å². The van der Waals surface area contributed by atoms with Gasteiger partial charge in [-0.2, -0.15) is 0 Å². The SMILES string of the molecule is COc1cc(NC(=O)c2cc3ccccc3oc2=O)ccc1O. The molecular weight excluding hydrogens is 298 g/mol. The van der Waals surface area contributed by atoms with Crippen molar-refractivity contribution in [1.29, 1.82) is 0 Å². The number of carbonyl (C=O) groups excluding carboxylic acids is 1. The number of anilines is 1. The smallest absolute Gasteiger partial charge is 0.349 e. The third-order valence-corrected chi connectivity index (χ3v) is 3.32. The summed E-state index contributed by atoms with van der Waals surface area (Å²) >= 11 is 0. The van der Waals surface area contributed by atoms with Gasteiger partial charge in [-0.1, -0.05) is 18.2 Å². The van der Waals surface area contributed by atoms with E-state index >= 15 is 0 Å². The highest BCUT2D eigenvalue weighted by Crippen LogP contribution is 2.28. The zero-order valence-electron chi connectivity index (χ0n) is 12.2. The predicted octanol–water partition coefficient (Wildman–Crippen LogP) is 2.76. The molecule has 1 aromatic heterocycles. The predicted molar refractivity (Wildman–Crippen MR) is 85.1 cm³/mol. The lowest BCUT2D eigenvalue weighted by Crippen LogP contribution is -2.20. The summed E-state index contributed by atoms with van der Waals surface area (Å²) in [6.45, 7) is 0. The Balaban J connectivity index is 1.94. The van der Waals surface area contributed by atoms with Gasteiger partial charge in [0, 0.05) is 17.1 Å². The lowest BCUT2D eigenvalue weighted by atomic mass is 10.1. The second-order valence-corrected chi connectivity index (χ2v) is 4.83. The molecule has 23 heavy (non-hydrogen) atoms. The standard InChI is InChI=1S/C17H13NO5/c1-22-15-9-11(6-7-13(15)19)18-16(20)12-8-10-4-2-3-5-14(10)23-17(12)21/h2-9,19H,1H3,(H,18,20). The molecule has 0 aliphatic carbocycles. The van der Waals surface area contributed by atoms with E-state index in [9.17, 15) is 14.7 Å². The van der Waals surface area contributed by atoms with Gasteiger partial charge in [-0.3, -0.25) is 4.79 Å². The number of benzene rings is 2. The van der Waals surface area contributed by atoms with Crippen LogP contribution in [0.15, 0.2) is 57.7 Å². The number of fused-ring (bicyclic) bond motifs is 1. The fourth-order valence-electron chi connectivity index (χ4n) is 2.17. The molecular formula is C17H13NO5. The van der Waals surface area contributed by atoms with E-state index in [0.717, 1.165) is 0 Å². The summed E-state index contributed by atoms with van der Waals surface area (Å²) in [7, 11) is 1.40. The number of ether oxygens (including phenoxy) is 1. The summed E-state index contributed by atoms with van der Waals surface area (Å²) in [5.74, 6) is -0.429. The largest absolute Gasteiger partial charge is 0.504 e. The molecule has 6 nitrogen and oxygen atoms in total. The van der Waals surface area contributed by atoms with Crippen LogP contribution < -0.4 is 15.7 Å². The van der Waals surface area contributed by atoms with Gasteiger partial charge in [0.15, 0.2) is 11.5 Å². The first-order chi connectivity index (χ1) is 11.1. The number of nitrogens with one attached hydrogen (secondary N) is 1. The Hall–Kier alpha value is -3.28. The lowest BCUT2D eigenvalue weighted by Gasteiger charge is -2.08. The van der Waals surface area contributed by atoms with Crippen LogP contribution in [0.1, 0.15) is 10.4 Å². The number of rotatable bonds is 3. The minimum atomic E-state index is -0.716. The second-order valence-electron chi connectivity index (χ2n) is 4.83. The summed E-state index contributed by atoms with van der Waals surface area (Å²) in [4.78, 5) is 24.2. The number of amides is 1. The van der Waals surface area contributed by atoms with E-state index in [1.165, 1.54) is 31.4 Å². The van der Waals surface area contributed by atoms with E-state index in [1.807, 2.05) is 0 Å². The van der Waals surface area contributed by atoms with Gasteiger partial charge in [-0.25, -0.2) is 4.79 Å². The maximum atomic E-state index is 12.3. The Morgan fingerprint density at radius 3 is 2.74 bits per heavy atom. The fraction of sp³-hybridized carbons (Fsp3) is 0.0588. The number of methoxy groups -OCH3 is 1. The molecule has 0 fully saturated rings. The van der Waals surface area contributed by atoms with Crippen molar-refractivity contribution in [3.63, 3.8) is 0 Å². The van der Waals surface area contributed by atoms with Gasteiger partial charge in [-0.05, 0) is 24.3 Å². The van der Waals surface area contributed by atoms with E-state index in [4.69, 9.17) is 9.15 Å². The quantitative estimate of drug-likeness (QED) is 0.573. The molecule has 116 valence electrons. The Morgan fingerprint density at radius 1 is 1.17 bits per heavy atom. The van der Waals surface area contributed by atoms with E-state index in [0.29, 0.717) is 16.7 Å². The van der Waals surface area contributed by atoms with Crippen molar-refractivity contribution >= 4 is 22.6 Å². The van der Waals surface area contributed by atoms with Crippen molar-refractivity contribution in [2.75, 3.05) is 12.4 Å². The molecule has 3 rings (SSSR count). The third kappa shape index (κ3) is 2.87. The lowest BCUT2D eigenvalue weighted by molar-refractivity contribution is 0.102. The minimum Gasteiger partial charge on any atom is -0.504 e. The number of aromatic hydroxyl groups is 1. The Bertz CT molecular complexity index is 945. The topological polar surface area (TPSA) is 88.8 Å². The van der Waals surface area contributed by atoms with Gasteiger partial charge in [0.2, 0.25) is 0 Å². The normalized spacial score (nSPS) is 10.5. The maximum absolute atomic E-state index is 12.3. The monoisotopic (exact) mass is 311 g/mol. The van der Waals surface area contributed by atoms with Gasteiger partial charge < -0.3 is 19.6 Å². The van der Waals surface area contributed by atoms with E-state index in [2.05, 4.69) is 5.32 Å². The zero-order chi connectivity index (χ0) is 16.4. The first kappa shape index (κ1) is 14.6. The molecule has 6 heteroatoms. The van der Waals surface area contributed by atoms with E-state index in [-0.39, 0.29) is 17.1 Å². The third-order valence-electron chi connectivity index (χ3n) is 3.32. The highest BCUT2D eigenvalue weighted by Gasteiger charge is 2.14. The minimum absolute atomic E-state index is 0.0456. The van der Waals surface area contributed by atoms with Crippen LogP contribution in [0.3, 0.4) is 0 Å². The van der Waals surface area contributed by atoms with Gasteiger partial charge in [0.1, 0.15) is 11.1 Å². The van der Waals surface area contributed by atoms with Crippen LogP contribution in [-0.2, 0) is 0 Å². The fourth-order valence-corrected chi connectivity index (χ4v) is 2.17. The molecule has 0 saturated carbocycles. The zero-order valence-corrected chi connectivity index (χ0v) is 12.2. The van der Waals surface area contributed by atoms with Crippen LogP contribution in [0.25, 0.3) is 11.0 Å². The van der Waals surface area contributed by atoms with Crippen molar-refractivity contribution in [2.24, 2.45) is 0 Å². The molecule has 0 saturated heterocycles. The van der Waals surface area contributed by atoms with Crippen molar-refractivity contribution in [2.45, 2.75) is 0 Å². The molecule has 0 atom stereocenters. The molecule has 0 bridgehead atoms. The highest BCUT2D eigenvalue weighted by molar-refractivity contribution is 6.05. The van der Waals surface area contributed by atoms with Crippen molar-refractivity contribution < 1.29 is 19.1 Å². The van der Waals surface area contributed by atoms with Crippen LogP contribution >= 0.6 is 0 Å². The Morgan fingerprint density at radius 2 is 1.96 bits per heavy atom. The van der Waals surface area contributed by atoms with Crippen molar-refractivity contribution in [3.8, 4) is 11.5 Å². The van der Waals surface area contributed by atoms with Crippen LogP contribution in [0.2, 0.25) is 0 Å². The average molecular weight is 311 g/mol. The van der Waals surface area contributed by atoms with Gasteiger partial charge in [0.25, 0.3) is 5.91 Å². The summed E-state index contributed by atoms with van der Waals surface area (Å²) in [5, 5.41) is 12.8. The van der Waals surface area contributed by atoms with Gasteiger partial charge >= 0.3 is 5.63 Å². The Labute approximate surface area is 130 Å². The molecule has 1 amide bonds. The molecule has 0 unspecified atom stereocenters. The summed E-state index contributed by atoms with van der Waals surface area (Å²) in [5.41, 5.74) is -0.0137. The molecule has 1 heterocycles.